The normalized spacial score (nSPS) is 11.5. The molecule has 0 unspecified atom stereocenters. The van der Waals surface area contributed by atoms with Crippen molar-refractivity contribution in [3.63, 3.8) is 0 Å². The predicted octanol–water partition coefficient (Wildman–Crippen LogP) is 3.89. The van der Waals surface area contributed by atoms with Gasteiger partial charge < -0.3 is 20.1 Å². The second-order valence-corrected chi connectivity index (χ2v) is 8.29. The number of ether oxygens (including phenoxy) is 2. The van der Waals surface area contributed by atoms with E-state index in [1.165, 1.54) is 0 Å². The SMILES string of the molecule is CCOc1cc(CNCC(C)C)c(Br)cc1OCC(=O)NC(C)(C)C. The van der Waals surface area contributed by atoms with Crippen molar-refractivity contribution >= 4 is 21.8 Å². The second-order valence-electron chi connectivity index (χ2n) is 7.43. The maximum atomic E-state index is 12.0. The van der Waals surface area contributed by atoms with Crippen molar-refractivity contribution in [2.24, 2.45) is 5.92 Å². The first-order valence-electron chi connectivity index (χ1n) is 8.72. The van der Waals surface area contributed by atoms with Gasteiger partial charge in [-0.15, -0.1) is 0 Å². The second kappa shape index (κ2) is 10.0. The summed E-state index contributed by atoms with van der Waals surface area (Å²) in [4.78, 5) is 12.0. The van der Waals surface area contributed by atoms with E-state index in [9.17, 15) is 4.79 Å². The van der Waals surface area contributed by atoms with Crippen LogP contribution in [0.4, 0.5) is 0 Å². The molecule has 2 N–H and O–H groups in total. The van der Waals surface area contributed by atoms with Gasteiger partial charge in [0.15, 0.2) is 18.1 Å². The van der Waals surface area contributed by atoms with E-state index in [2.05, 4.69) is 40.4 Å². The van der Waals surface area contributed by atoms with Crippen LogP contribution in [-0.2, 0) is 11.3 Å². The van der Waals surface area contributed by atoms with E-state index in [0.717, 1.165) is 23.1 Å². The fourth-order valence-electron chi connectivity index (χ4n) is 2.19. The number of amides is 1. The number of nitrogens with one attached hydrogen (secondary N) is 2. The summed E-state index contributed by atoms with van der Waals surface area (Å²) >= 11 is 3.58. The van der Waals surface area contributed by atoms with E-state index >= 15 is 0 Å². The largest absolute Gasteiger partial charge is 0.490 e. The van der Waals surface area contributed by atoms with Gasteiger partial charge in [0.2, 0.25) is 0 Å². The Bertz CT molecular complexity index is 569. The molecule has 5 nitrogen and oxygen atoms in total. The van der Waals surface area contributed by atoms with Crippen LogP contribution in [-0.4, -0.2) is 31.2 Å². The molecule has 25 heavy (non-hydrogen) atoms. The van der Waals surface area contributed by atoms with Crippen LogP contribution in [0.5, 0.6) is 11.5 Å². The Hall–Kier alpha value is -1.27. The summed E-state index contributed by atoms with van der Waals surface area (Å²) in [5.41, 5.74) is 0.811. The van der Waals surface area contributed by atoms with Crippen LogP contribution < -0.4 is 20.1 Å². The van der Waals surface area contributed by atoms with Crippen LogP contribution in [0.2, 0.25) is 0 Å². The molecule has 0 aliphatic rings. The molecule has 0 saturated carbocycles. The predicted molar refractivity (Wildman–Crippen MR) is 105 cm³/mol. The number of hydrogen-bond donors (Lipinski definition) is 2. The molecule has 0 bridgehead atoms. The van der Waals surface area contributed by atoms with Gasteiger partial charge in [-0.25, -0.2) is 0 Å². The molecule has 6 heteroatoms. The number of halogens is 1. The quantitative estimate of drug-likeness (QED) is 0.643. The zero-order chi connectivity index (χ0) is 19.0. The molecule has 0 radical (unpaired) electrons. The van der Waals surface area contributed by atoms with Crippen molar-refractivity contribution < 1.29 is 14.3 Å². The third kappa shape index (κ3) is 8.59. The Labute approximate surface area is 160 Å². The number of carbonyl (C=O) groups excluding carboxylic acids is 1. The minimum absolute atomic E-state index is 0.0469. The zero-order valence-corrected chi connectivity index (χ0v) is 17.7. The molecule has 0 fully saturated rings. The van der Waals surface area contributed by atoms with Gasteiger partial charge in [-0.05, 0) is 57.9 Å². The summed E-state index contributed by atoms with van der Waals surface area (Å²) in [5.74, 6) is 1.64. The first kappa shape index (κ1) is 21.8. The van der Waals surface area contributed by atoms with E-state index in [1.807, 2.05) is 39.8 Å². The topological polar surface area (TPSA) is 59.6 Å². The standard InChI is InChI=1S/C19H31BrN2O3/c1-7-24-16-8-14(11-21-10-13(2)3)15(20)9-17(16)25-12-18(23)22-19(4,5)6/h8-9,13,21H,7,10-12H2,1-6H3,(H,22,23). The van der Waals surface area contributed by atoms with Crippen LogP contribution in [0, 0.1) is 5.92 Å². The van der Waals surface area contributed by atoms with Crippen molar-refractivity contribution in [2.45, 2.75) is 53.6 Å². The molecule has 1 aromatic carbocycles. The molecule has 1 amide bonds. The van der Waals surface area contributed by atoms with E-state index in [1.54, 1.807) is 0 Å². The maximum absolute atomic E-state index is 12.0. The van der Waals surface area contributed by atoms with Gasteiger partial charge in [0.05, 0.1) is 6.61 Å². The van der Waals surface area contributed by atoms with Crippen molar-refractivity contribution in [3.05, 3.63) is 22.2 Å². The van der Waals surface area contributed by atoms with E-state index < -0.39 is 0 Å². The molecular formula is C19H31BrN2O3. The number of hydrogen-bond acceptors (Lipinski definition) is 4. The van der Waals surface area contributed by atoms with Gasteiger partial charge >= 0.3 is 0 Å². The van der Waals surface area contributed by atoms with E-state index in [-0.39, 0.29) is 18.1 Å². The molecule has 1 aromatic rings. The number of rotatable bonds is 9. The molecule has 0 aromatic heterocycles. The summed E-state index contributed by atoms with van der Waals surface area (Å²) in [6.07, 6.45) is 0. The molecule has 0 aliphatic carbocycles. The Morgan fingerprint density at radius 1 is 1.20 bits per heavy atom. The first-order valence-corrected chi connectivity index (χ1v) is 9.51. The first-order chi connectivity index (χ1) is 11.6. The van der Waals surface area contributed by atoms with Gasteiger partial charge in [0.25, 0.3) is 5.91 Å². The molecule has 0 aliphatic heterocycles. The molecule has 0 spiro atoms. The fourth-order valence-corrected chi connectivity index (χ4v) is 2.65. The Balaban J connectivity index is 2.81. The number of carbonyl (C=O) groups is 1. The summed E-state index contributed by atoms with van der Waals surface area (Å²) in [6, 6.07) is 3.82. The van der Waals surface area contributed by atoms with Crippen molar-refractivity contribution in [1.29, 1.82) is 0 Å². The highest BCUT2D eigenvalue weighted by Crippen LogP contribution is 2.34. The molecule has 0 saturated heterocycles. The highest BCUT2D eigenvalue weighted by Gasteiger charge is 2.16. The summed E-state index contributed by atoms with van der Waals surface area (Å²) < 4.78 is 12.3. The number of benzene rings is 1. The summed E-state index contributed by atoms with van der Waals surface area (Å²) in [6.45, 7) is 14.3. The van der Waals surface area contributed by atoms with E-state index in [4.69, 9.17) is 9.47 Å². The van der Waals surface area contributed by atoms with Crippen molar-refractivity contribution in [1.82, 2.24) is 10.6 Å². The van der Waals surface area contributed by atoms with Gasteiger partial charge in [-0.1, -0.05) is 29.8 Å². The van der Waals surface area contributed by atoms with Crippen LogP contribution in [0.15, 0.2) is 16.6 Å². The lowest BCUT2D eigenvalue weighted by Gasteiger charge is -2.21. The fraction of sp³-hybridized carbons (Fsp3) is 0.632. The lowest BCUT2D eigenvalue weighted by Crippen LogP contribution is -2.43. The molecular weight excluding hydrogens is 384 g/mol. The minimum atomic E-state index is -0.282. The average Bonchev–Trinajstić information content (AvgIpc) is 2.46. The van der Waals surface area contributed by atoms with Gasteiger partial charge in [0, 0.05) is 16.6 Å². The highest BCUT2D eigenvalue weighted by atomic mass is 79.9. The van der Waals surface area contributed by atoms with Crippen LogP contribution in [0.1, 0.15) is 47.1 Å². The van der Waals surface area contributed by atoms with Crippen LogP contribution >= 0.6 is 15.9 Å². The van der Waals surface area contributed by atoms with Gasteiger partial charge in [-0.2, -0.15) is 0 Å². The zero-order valence-electron chi connectivity index (χ0n) is 16.2. The summed E-state index contributed by atoms with van der Waals surface area (Å²) in [7, 11) is 0. The third-order valence-corrected chi connectivity index (χ3v) is 3.89. The Kier molecular flexibility index (Phi) is 8.73. The van der Waals surface area contributed by atoms with Crippen molar-refractivity contribution in [2.75, 3.05) is 19.8 Å². The Morgan fingerprint density at radius 3 is 2.40 bits per heavy atom. The minimum Gasteiger partial charge on any atom is -0.490 e. The molecule has 0 atom stereocenters. The monoisotopic (exact) mass is 414 g/mol. The van der Waals surface area contributed by atoms with Gasteiger partial charge in [-0.3, -0.25) is 4.79 Å². The molecule has 1 rings (SSSR count). The van der Waals surface area contributed by atoms with Gasteiger partial charge in [0.1, 0.15) is 0 Å². The summed E-state index contributed by atoms with van der Waals surface area (Å²) in [5, 5.41) is 6.30. The highest BCUT2D eigenvalue weighted by molar-refractivity contribution is 9.10. The smallest absolute Gasteiger partial charge is 0.258 e. The van der Waals surface area contributed by atoms with Crippen LogP contribution in [0.25, 0.3) is 0 Å². The Morgan fingerprint density at radius 2 is 1.84 bits per heavy atom. The van der Waals surface area contributed by atoms with E-state index in [0.29, 0.717) is 24.0 Å². The lowest BCUT2D eigenvalue weighted by molar-refractivity contribution is -0.124. The average molecular weight is 415 g/mol. The van der Waals surface area contributed by atoms with Crippen molar-refractivity contribution in [3.8, 4) is 11.5 Å². The third-order valence-electron chi connectivity index (χ3n) is 3.15. The lowest BCUT2D eigenvalue weighted by atomic mass is 10.1. The molecule has 0 heterocycles. The molecule has 142 valence electrons. The van der Waals surface area contributed by atoms with Crippen LogP contribution in [0.3, 0.4) is 0 Å². The maximum Gasteiger partial charge on any atom is 0.258 e.